The number of aromatic nitrogens is 8. The van der Waals surface area contributed by atoms with Crippen molar-refractivity contribution in [2.45, 2.75) is 65.6 Å². The zero-order valence-electron chi connectivity index (χ0n) is 30.4. The molecule has 0 aromatic carbocycles. The van der Waals surface area contributed by atoms with E-state index in [1.54, 1.807) is 17.1 Å². The molecule has 2 saturated carbocycles. The van der Waals surface area contributed by atoms with Crippen LogP contribution < -0.4 is 15.1 Å². The topological polar surface area (TPSA) is 163 Å². The van der Waals surface area contributed by atoms with Crippen LogP contribution in [0, 0.1) is 44.4 Å². The lowest BCUT2D eigenvalue weighted by atomic mass is 10.2. The fraction of sp³-hybridized carbons (Fsp3) is 0.462. The number of anilines is 2. The normalized spacial score (nSPS) is 23.3. The van der Waals surface area contributed by atoms with Crippen LogP contribution in [0.25, 0.3) is 0 Å². The number of amides is 1. The summed E-state index contributed by atoms with van der Waals surface area (Å²) < 4.78 is 3.45. The van der Waals surface area contributed by atoms with Crippen LogP contribution in [0.15, 0.2) is 49.1 Å². The smallest absolute Gasteiger partial charge is 0.338 e. The molecular formula is C39H45N11O3. The van der Waals surface area contributed by atoms with Gasteiger partial charge in [-0.3, -0.25) is 19.3 Å². The number of piperidine rings is 2. The minimum absolute atomic E-state index is 0.0357. The molecule has 3 aliphatic carbocycles. The Bertz CT molecular complexity index is 2180. The highest BCUT2D eigenvalue weighted by Gasteiger charge is 2.46. The summed E-state index contributed by atoms with van der Waals surface area (Å²) in [5.74, 6) is 4.64. The van der Waals surface area contributed by atoms with Gasteiger partial charge < -0.3 is 20.2 Å². The number of rotatable bonds is 9. The van der Waals surface area contributed by atoms with E-state index in [9.17, 15) is 9.59 Å². The molecule has 5 unspecified atom stereocenters. The van der Waals surface area contributed by atoms with Crippen molar-refractivity contribution < 1.29 is 14.7 Å². The number of aromatic carboxylic acids is 1. The maximum absolute atomic E-state index is 12.8. The van der Waals surface area contributed by atoms with Crippen molar-refractivity contribution in [2.75, 3.05) is 36.0 Å². The average Bonchev–Trinajstić information content (AvgIpc) is 3.61. The second-order valence-electron chi connectivity index (χ2n) is 15.6. The number of nitrogens with one attached hydrogen (secondary N) is 2. The highest BCUT2D eigenvalue weighted by atomic mass is 16.4. The molecule has 2 saturated heterocycles. The molecule has 0 spiro atoms. The molecule has 14 nitrogen and oxygen atoms in total. The number of carbonyl (C=O) groups excluding carboxylic acids is 1. The summed E-state index contributed by atoms with van der Waals surface area (Å²) >= 11 is 0. The first kappa shape index (κ1) is 33.3. The molecule has 4 fully saturated rings. The number of hydrogen-bond acceptors (Lipinski definition) is 9. The van der Waals surface area contributed by atoms with E-state index < -0.39 is 5.97 Å². The van der Waals surface area contributed by atoms with Crippen molar-refractivity contribution in [3.05, 3.63) is 99.6 Å². The minimum atomic E-state index is -0.955. The Labute approximate surface area is 307 Å². The number of carboxylic acid groups (broad SMARTS) is 1. The summed E-state index contributed by atoms with van der Waals surface area (Å²) in [6.07, 6.45) is 11.0. The van der Waals surface area contributed by atoms with Gasteiger partial charge in [-0.25, -0.2) is 14.8 Å². The van der Waals surface area contributed by atoms with Crippen LogP contribution in [-0.4, -0.2) is 82.9 Å². The van der Waals surface area contributed by atoms with Gasteiger partial charge in [0.15, 0.2) is 0 Å². The van der Waals surface area contributed by atoms with Gasteiger partial charge in [0.25, 0.3) is 5.91 Å². The molecule has 2 aliphatic heterocycles. The number of aromatic amines is 1. The zero-order chi connectivity index (χ0) is 36.4. The number of aryl methyl sites for hydroxylation is 3. The lowest BCUT2D eigenvalue weighted by Gasteiger charge is -2.20. The molecular weight excluding hydrogens is 671 g/mol. The first-order chi connectivity index (χ1) is 25.6. The third kappa shape index (κ3) is 6.77. The highest BCUT2D eigenvalue weighted by Crippen LogP contribution is 2.46. The Hall–Kier alpha value is -5.53. The Morgan fingerprint density at radius 2 is 1.32 bits per heavy atom. The third-order valence-corrected chi connectivity index (χ3v) is 11.8. The molecule has 0 radical (unpaired) electrons. The number of pyridine rings is 2. The minimum Gasteiger partial charge on any atom is -0.478 e. The second kappa shape index (κ2) is 13.2. The van der Waals surface area contributed by atoms with Crippen LogP contribution in [0.5, 0.6) is 0 Å². The quantitative estimate of drug-likeness (QED) is 0.200. The molecule has 0 bridgehead atoms. The van der Waals surface area contributed by atoms with Gasteiger partial charge in [-0.15, -0.1) is 0 Å². The fourth-order valence-electron chi connectivity index (χ4n) is 8.37. The number of fused-ring (bicyclic) bond motifs is 3. The van der Waals surface area contributed by atoms with E-state index in [0.29, 0.717) is 18.7 Å². The van der Waals surface area contributed by atoms with Gasteiger partial charge in [0, 0.05) is 55.7 Å². The predicted molar refractivity (Wildman–Crippen MR) is 197 cm³/mol. The fourth-order valence-corrected chi connectivity index (χ4v) is 8.37. The van der Waals surface area contributed by atoms with Gasteiger partial charge in [0.1, 0.15) is 11.6 Å². The van der Waals surface area contributed by atoms with Gasteiger partial charge >= 0.3 is 5.97 Å². The van der Waals surface area contributed by atoms with Crippen molar-refractivity contribution in [2.24, 2.45) is 23.7 Å². The second-order valence-corrected chi connectivity index (χ2v) is 15.6. The molecule has 10 rings (SSSR count). The van der Waals surface area contributed by atoms with Crippen molar-refractivity contribution in [3.8, 4) is 0 Å². The number of carbonyl (C=O) groups is 2. The monoisotopic (exact) mass is 715 g/mol. The summed E-state index contributed by atoms with van der Waals surface area (Å²) in [4.78, 5) is 38.0. The number of nitrogens with zero attached hydrogens (tertiary/aromatic N) is 9. The first-order valence-electron chi connectivity index (χ1n) is 18.7. The van der Waals surface area contributed by atoms with E-state index in [-0.39, 0.29) is 17.5 Å². The van der Waals surface area contributed by atoms with E-state index in [1.807, 2.05) is 24.7 Å². The maximum atomic E-state index is 12.8. The number of H-pyrrole nitrogens is 1. The zero-order valence-corrected chi connectivity index (χ0v) is 30.4. The van der Waals surface area contributed by atoms with E-state index in [1.165, 1.54) is 24.6 Å². The van der Waals surface area contributed by atoms with Crippen LogP contribution in [0.3, 0.4) is 0 Å². The predicted octanol–water partition coefficient (Wildman–Crippen LogP) is 4.33. The van der Waals surface area contributed by atoms with Crippen molar-refractivity contribution in [1.82, 2.24) is 45.0 Å². The Morgan fingerprint density at radius 3 is 1.83 bits per heavy atom. The molecule has 5 aromatic heterocycles. The van der Waals surface area contributed by atoms with Crippen molar-refractivity contribution in [1.29, 1.82) is 0 Å². The SMILES string of the molecule is Cc1nc(N2CC3CC3C2)ccc1Cn1cc(C(=O)NC2CCc3c2n[nH]c3C)cn1.Cc1nc(N2CC3CC3C2)ccc1Cn1cc(C(=O)O)cn1. The average molecular weight is 716 g/mol. The van der Waals surface area contributed by atoms with Gasteiger partial charge in [-0.1, -0.05) is 12.1 Å². The molecule has 7 heterocycles. The van der Waals surface area contributed by atoms with Crippen LogP contribution in [0.1, 0.15) is 85.5 Å². The highest BCUT2D eigenvalue weighted by molar-refractivity contribution is 5.94. The molecule has 14 heteroatoms. The Kier molecular flexibility index (Phi) is 8.27. The molecule has 53 heavy (non-hydrogen) atoms. The van der Waals surface area contributed by atoms with Gasteiger partial charge in [0.2, 0.25) is 0 Å². The van der Waals surface area contributed by atoms with Gasteiger partial charge in [-0.05, 0) is 98.9 Å². The van der Waals surface area contributed by atoms with E-state index in [2.05, 4.69) is 66.7 Å². The number of hydrogen-bond donors (Lipinski definition) is 3. The lowest BCUT2D eigenvalue weighted by Crippen LogP contribution is -2.27. The van der Waals surface area contributed by atoms with Crippen molar-refractivity contribution >= 4 is 23.5 Å². The van der Waals surface area contributed by atoms with E-state index >= 15 is 0 Å². The Morgan fingerprint density at radius 1 is 0.792 bits per heavy atom. The van der Waals surface area contributed by atoms with Gasteiger partial charge in [0.05, 0.1) is 48.3 Å². The maximum Gasteiger partial charge on any atom is 0.338 e. The first-order valence-corrected chi connectivity index (χ1v) is 18.7. The van der Waals surface area contributed by atoms with Crippen molar-refractivity contribution in [3.63, 3.8) is 0 Å². The molecule has 5 aliphatic rings. The Balaban J connectivity index is 0.000000149. The number of carboxylic acids is 1. The summed E-state index contributed by atoms with van der Waals surface area (Å²) in [6, 6.07) is 8.36. The van der Waals surface area contributed by atoms with Crippen LogP contribution >= 0.6 is 0 Å². The lowest BCUT2D eigenvalue weighted by molar-refractivity contribution is 0.0696. The van der Waals surface area contributed by atoms with E-state index in [4.69, 9.17) is 15.1 Å². The van der Waals surface area contributed by atoms with Crippen LogP contribution in [-0.2, 0) is 19.5 Å². The molecule has 3 N–H and O–H groups in total. The van der Waals surface area contributed by atoms with Gasteiger partial charge in [-0.2, -0.15) is 15.3 Å². The summed E-state index contributed by atoms with van der Waals surface area (Å²) in [5.41, 5.74) is 8.25. The summed E-state index contributed by atoms with van der Waals surface area (Å²) in [6.45, 7) is 11.8. The van der Waals surface area contributed by atoms with Crippen LogP contribution in [0.4, 0.5) is 11.6 Å². The summed E-state index contributed by atoms with van der Waals surface area (Å²) in [5, 5.41) is 27.9. The molecule has 274 valence electrons. The summed E-state index contributed by atoms with van der Waals surface area (Å²) in [7, 11) is 0. The standard InChI is InChI=1S/C23H27N7O.C16H18N4O2/c1-13-15(3-6-21(25-13)29-9-16-7-17(16)10-29)11-30-12-18(8-24-30)23(31)26-20-5-4-19-14(2)27-28-22(19)20;1-10-11(8-20-9-14(5-17-20)16(21)22)2-3-15(18-10)19-6-12-4-13(12)7-19/h3,6,8,12,16-17,20H,4-5,7,9-11H2,1-2H3,(H,26,31)(H,27,28);2-3,5,9,12-13H,4,6-8H2,1H3,(H,21,22). The third-order valence-electron chi connectivity index (χ3n) is 11.8. The molecule has 5 atom stereocenters. The largest absolute Gasteiger partial charge is 0.478 e. The van der Waals surface area contributed by atoms with Crippen LogP contribution in [0.2, 0.25) is 0 Å². The molecule has 5 aromatic rings. The van der Waals surface area contributed by atoms with E-state index in [0.717, 1.165) is 108 Å². The molecule has 1 amide bonds.